The predicted octanol–water partition coefficient (Wildman–Crippen LogP) is 5.02. The van der Waals surface area contributed by atoms with Gasteiger partial charge in [-0.15, -0.1) is 0 Å². The van der Waals surface area contributed by atoms with Crippen LogP contribution in [0.1, 0.15) is 22.5 Å². The molecule has 0 aliphatic rings. The van der Waals surface area contributed by atoms with Crippen molar-refractivity contribution in [1.82, 2.24) is 9.97 Å². The van der Waals surface area contributed by atoms with Crippen LogP contribution >= 0.6 is 15.9 Å². The molecule has 136 valence electrons. The number of H-pyrrole nitrogens is 1. The highest BCUT2D eigenvalue weighted by Gasteiger charge is 2.41. The number of benzene rings is 3. The van der Waals surface area contributed by atoms with Crippen molar-refractivity contribution in [1.29, 1.82) is 0 Å². The molecule has 0 radical (unpaired) electrons. The number of hydrogen-bond acceptors (Lipinski definition) is 2. The van der Waals surface area contributed by atoms with Crippen molar-refractivity contribution in [3.63, 3.8) is 0 Å². The molecule has 3 aromatic carbocycles. The molecule has 4 aromatic rings. The van der Waals surface area contributed by atoms with Gasteiger partial charge < -0.3 is 10.1 Å². The summed E-state index contributed by atoms with van der Waals surface area (Å²) in [6.07, 6.45) is 0. The van der Waals surface area contributed by atoms with E-state index in [9.17, 15) is 13.9 Å². The number of aromatic amines is 1. The number of nitrogens with zero attached hydrogens (tertiary/aromatic N) is 1. The molecule has 0 fully saturated rings. The van der Waals surface area contributed by atoms with Crippen molar-refractivity contribution < 1.29 is 13.9 Å². The average Bonchev–Trinajstić information content (AvgIpc) is 3.12. The quantitative estimate of drug-likeness (QED) is 0.448. The Labute approximate surface area is 162 Å². The average molecular weight is 429 g/mol. The third-order valence-corrected chi connectivity index (χ3v) is 5.22. The van der Waals surface area contributed by atoms with Crippen molar-refractivity contribution in [2.75, 3.05) is 0 Å². The molecule has 1 aromatic heterocycles. The lowest BCUT2D eigenvalue weighted by Crippen LogP contribution is -2.32. The zero-order chi connectivity index (χ0) is 19.0. The van der Waals surface area contributed by atoms with Crippen LogP contribution in [-0.2, 0) is 10.9 Å². The molecule has 0 spiro atoms. The lowest BCUT2D eigenvalue weighted by Gasteiger charge is -2.28. The summed E-state index contributed by atoms with van der Waals surface area (Å²) in [4.78, 5) is 7.49. The molecular formula is C21H15BrF2N2O. The molecule has 2 N–H and O–H groups in total. The number of aromatic nitrogens is 2. The van der Waals surface area contributed by atoms with Gasteiger partial charge in [0.2, 0.25) is 0 Å². The lowest BCUT2D eigenvalue weighted by molar-refractivity contribution is 0.108. The summed E-state index contributed by atoms with van der Waals surface area (Å²) in [5, 5.41) is 12.3. The number of hydrogen-bond donors (Lipinski definition) is 2. The highest BCUT2D eigenvalue weighted by atomic mass is 79.9. The van der Waals surface area contributed by atoms with Crippen LogP contribution in [0, 0.1) is 11.6 Å². The summed E-state index contributed by atoms with van der Waals surface area (Å²) in [6.45, 7) is 0. The van der Waals surface area contributed by atoms with E-state index in [1.165, 1.54) is 36.4 Å². The molecule has 3 nitrogen and oxygen atoms in total. The Hall–Kier alpha value is -2.57. The first-order valence-corrected chi connectivity index (χ1v) is 9.43. The number of nitrogens with one attached hydrogen (secondary N) is 1. The van der Waals surface area contributed by atoms with E-state index in [4.69, 9.17) is 0 Å². The summed E-state index contributed by atoms with van der Waals surface area (Å²) in [6, 6.07) is 17.1. The van der Waals surface area contributed by atoms with Crippen LogP contribution in [0.25, 0.3) is 11.0 Å². The first-order valence-electron chi connectivity index (χ1n) is 8.31. The van der Waals surface area contributed by atoms with Gasteiger partial charge >= 0.3 is 0 Å². The SMILES string of the molecule is OC(c1nc2ccc(CBr)cc2[nH]1)(c1ccccc1F)c1ccccc1F. The van der Waals surface area contributed by atoms with Gasteiger partial charge in [-0.1, -0.05) is 58.4 Å². The third-order valence-electron chi connectivity index (χ3n) is 4.57. The molecule has 0 aliphatic heterocycles. The van der Waals surface area contributed by atoms with E-state index in [2.05, 4.69) is 25.9 Å². The molecule has 1 heterocycles. The van der Waals surface area contributed by atoms with Crippen LogP contribution < -0.4 is 0 Å². The highest BCUT2D eigenvalue weighted by Crippen LogP contribution is 2.38. The van der Waals surface area contributed by atoms with Gasteiger partial charge in [-0.2, -0.15) is 0 Å². The van der Waals surface area contributed by atoms with Crippen molar-refractivity contribution >= 4 is 27.0 Å². The topological polar surface area (TPSA) is 48.9 Å². The molecule has 0 unspecified atom stereocenters. The van der Waals surface area contributed by atoms with Crippen LogP contribution in [-0.4, -0.2) is 15.1 Å². The summed E-state index contributed by atoms with van der Waals surface area (Å²) in [7, 11) is 0. The third kappa shape index (κ3) is 2.95. The Morgan fingerprint density at radius 1 is 0.926 bits per heavy atom. The van der Waals surface area contributed by atoms with Gasteiger partial charge in [0.05, 0.1) is 11.0 Å². The Kier molecular flexibility index (Phi) is 4.53. The van der Waals surface area contributed by atoms with E-state index in [0.717, 1.165) is 5.56 Å². The van der Waals surface area contributed by atoms with Crippen LogP contribution in [0.2, 0.25) is 0 Å². The van der Waals surface area contributed by atoms with Crippen molar-refractivity contribution in [2.24, 2.45) is 0 Å². The minimum Gasteiger partial charge on any atom is -0.373 e. The largest absolute Gasteiger partial charge is 0.373 e. The Morgan fingerprint density at radius 2 is 1.52 bits per heavy atom. The summed E-state index contributed by atoms with van der Waals surface area (Å²) in [5.41, 5.74) is 0.0289. The smallest absolute Gasteiger partial charge is 0.178 e. The lowest BCUT2D eigenvalue weighted by atomic mass is 9.85. The zero-order valence-electron chi connectivity index (χ0n) is 14.1. The van der Waals surface area contributed by atoms with E-state index >= 15 is 0 Å². The summed E-state index contributed by atoms with van der Waals surface area (Å²) >= 11 is 3.40. The van der Waals surface area contributed by atoms with Crippen LogP contribution in [0.15, 0.2) is 66.7 Å². The molecule has 0 amide bonds. The summed E-state index contributed by atoms with van der Waals surface area (Å²) in [5.74, 6) is -1.24. The maximum Gasteiger partial charge on any atom is 0.178 e. The molecule has 0 saturated carbocycles. The van der Waals surface area contributed by atoms with E-state index < -0.39 is 17.2 Å². The van der Waals surface area contributed by atoms with Gasteiger partial charge in [0.1, 0.15) is 17.5 Å². The van der Waals surface area contributed by atoms with E-state index in [0.29, 0.717) is 16.4 Å². The minimum atomic E-state index is -2.11. The first-order chi connectivity index (χ1) is 13.0. The maximum atomic E-state index is 14.6. The number of halogens is 3. The van der Waals surface area contributed by atoms with E-state index in [1.807, 2.05) is 12.1 Å². The number of imidazole rings is 1. The molecule has 0 aliphatic carbocycles. The van der Waals surface area contributed by atoms with Crippen molar-refractivity contribution in [2.45, 2.75) is 10.9 Å². The highest BCUT2D eigenvalue weighted by molar-refractivity contribution is 9.08. The Morgan fingerprint density at radius 3 is 2.07 bits per heavy atom. The number of rotatable bonds is 4. The van der Waals surface area contributed by atoms with Crippen molar-refractivity contribution in [3.05, 3.63) is 101 Å². The first kappa shape index (κ1) is 17.8. The van der Waals surface area contributed by atoms with Crippen LogP contribution in [0.5, 0.6) is 0 Å². The number of aliphatic hydroxyl groups is 1. The number of alkyl halides is 1. The molecule has 6 heteroatoms. The fraction of sp³-hybridized carbons (Fsp3) is 0.0952. The Balaban J connectivity index is 2.02. The van der Waals surface area contributed by atoms with Gasteiger partial charge in [0.15, 0.2) is 5.60 Å². The monoisotopic (exact) mass is 428 g/mol. The van der Waals surface area contributed by atoms with Crippen molar-refractivity contribution in [3.8, 4) is 0 Å². The second kappa shape index (κ2) is 6.87. The molecule has 0 atom stereocenters. The second-order valence-electron chi connectivity index (χ2n) is 6.24. The summed E-state index contributed by atoms with van der Waals surface area (Å²) < 4.78 is 29.3. The van der Waals surface area contributed by atoms with Gasteiger partial charge in [0, 0.05) is 16.5 Å². The molecule has 0 bridgehead atoms. The zero-order valence-corrected chi connectivity index (χ0v) is 15.7. The van der Waals surface area contributed by atoms with Crippen LogP contribution in [0.4, 0.5) is 8.78 Å². The standard InChI is InChI=1S/C21H15BrF2N2O/c22-12-13-9-10-18-19(11-13)26-20(25-18)21(27,14-5-1-3-7-16(14)23)15-6-2-4-8-17(15)24/h1-11,27H,12H2,(H,25,26). The van der Waals surface area contributed by atoms with E-state index in [1.54, 1.807) is 18.2 Å². The molecule has 4 rings (SSSR count). The fourth-order valence-corrected chi connectivity index (χ4v) is 3.57. The second-order valence-corrected chi connectivity index (χ2v) is 6.80. The Bertz CT molecular complexity index is 1080. The van der Waals surface area contributed by atoms with Gasteiger partial charge in [-0.3, -0.25) is 0 Å². The van der Waals surface area contributed by atoms with Gasteiger partial charge in [-0.05, 0) is 29.8 Å². The predicted molar refractivity (Wildman–Crippen MR) is 104 cm³/mol. The molecule has 0 saturated heterocycles. The molecule has 27 heavy (non-hydrogen) atoms. The van der Waals surface area contributed by atoms with E-state index in [-0.39, 0.29) is 17.0 Å². The molecular weight excluding hydrogens is 414 g/mol. The van der Waals surface area contributed by atoms with Gasteiger partial charge in [-0.25, -0.2) is 13.8 Å². The maximum absolute atomic E-state index is 14.6. The van der Waals surface area contributed by atoms with Gasteiger partial charge in [0.25, 0.3) is 0 Å². The fourth-order valence-electron chi connectivity index (χ4n) is 3.22. The minimum absolute atomic E-state index is 0.0550. The normalized spacial score (nSPS) is 11.9. The number of fused-ring (bicyclic) bond motifs is 1. The van der Waals surface area contributed by atoms with Crippen LogP contribution in [0.3, 0.4) is 0 Å².